The minimum absolute atomic E-state index is 0.145. The molecular weight excluding hydrogens is 200 g/mol. The van der Waals surface area contributed by atoms with Crippen LogP contribution in [0.5, 0.6) is 0 Å². The molecule has 2 rings (SSSR count). The first kappa shape index (κ1) is 9.50. The van der Waals surface area contributed by atoms with E-state index in [0.717, 1.165) is 4.57 Å². The molecule has 0 radical (unpaired) electrons. The second-order valence-corrected chi connectivity index (χ2v) is 3.39. The molecule has 0 aliphatic carbocycles. The van der Waals surface area contributed by atoms with Gasteiger partial charge in [0, 0.05) is 21.1 Å². The smallest absolute Gasteiger partial charge is 0.300 e. The summed E-state index contributed by atoms with van der Waals surface area (Å²) in [5, 5.41) is 0. The fourth-order valence-electron chi connectivity index (χ4n) is 1.62. The van der Waals surface area contributed by atoms with Crippen LogP contribution in [0.15, 0.2) is 14.4 Å². The quantitative estimate of drug-likeness (QED) is 0.560. The number of aromatic amines is 1. The zero-order valence-corrected chi connectivity index (χ0v) is 8.57. The van der Waals surface area contributed by atoms with Crippen LogP contribution in [0.1, 0.15) is 0 Å². The van der Waals surface area contributed by atoms with Crippen molar-refractivity contribution in [2.75, 3.05) is 0 Å². The van der Waals surface area contributed by atoms with Crippen molar-refractivity contribution >= 4 is 11.2 Å². The molecule has 80 valence electrons. The molecule has 0 bridgehead atoms. The summed E-state index contributed by atoms with van der Waals surface area (Å²) in [7, 11) is 4.38. The molecule has 1 N–H and O–H groups in total. The molecule has 0 saturated carbocycles. The predicted molar refractivity (Wildman–Crippen MR) is 54.0 cm³/mol. The van der Waals surface area contributed by atoms with Crippen molar-refractivity contribution < 1.29 is 0 Å². The van der Waals surface area contributed by atoms with E-state index in [2.05, 4.69) is 4.98 Å². The zero-order valence-electron chi connectivity index (χ0n) is 8.57. The van der Waals surface area contributed by atoms with Gasteiger partial charge < -0.3 is 0 Å². The minimum atomic E-state index is -0.495. The van der Waals surface area contributed by atoms with Gasteiger partial charge in [0.05, 0.1) is 0 Å². The van der Waals surface area contributed by atoms with Gasteiger partial charge in [0.1, 0.15) is 5.65 Å². The van der Waals surface area contributed by atoms with Gasteiger partial charge in [-0.15, -0.1) is 0 Å². The van der Waals surface area contributed by atoms with Crippen molar-refractivity contribution in [2.24, 2.45) is 21.1 Å². The van der Waals surface area contributed by atoms with E-state index in [0.29, 0.717) is 5.65 Å². The van der Waals surface area contributed by atoms with Crippen molar-refractivity contribution in [3.63, 3.8) is 0 Å². The Balaban J connectivity index is 3.30. The second-order valence-electron chi connectivity index (χ2n) is 3.39. The number of nitrogens with one attached hydrogen (secondary N) is 1. The minimum Gasteiger partial charge on any atom is -0.300 e. The highest BCUT2D eigenvalue weighted by atomic mass is 16.2. The van der Waals surface area contributed by atoms with Gasteiger partial charge >= 0.3 is 11.4 Å². The van der Waals surface area contributed by atoms with Crippen LogP contribution < -0.4 is 16.9 Å². The Labute approximate surface area is 83.2 Å². The standard InChI is InChI=1S/C8H10N4O3/c1-10-5-4(9-7(10)14)6(13)12(3)8(15)11(5)2/h1-3H3,(H,9,14). The third-order valence-corrected chi connectivity index (χ3v) is 2.49. The van der Waals surface area contributed by atoms with E-state index in [-0.39, 0.29) is 5.52 Å². The molecular formula is C8H10N4O3. The lowest BCUT2D eigenvalue weighted by molar-refractivity contribution is 0.696. The van der Waals surface area contributed by atoms with E-state index in [1.54, 1.807) is 0 Å². The molecule has 7 nitrogen and oxygen atoms in total. The van der Waals surface area contributed by atoms with Gasteiger partial charge in [-0.3, -0.25) is 23.5 Å². The first-order valence-electron chi connectivity index (χ1n) is 4.30. The molecule has 2 aromatic heterocycles. The lowest BCUT2D eigenvalue weighted by Gasteiger charge is -2.03. The molecule has 0 saturated heterocycles. The highest BCUT2D eigenvalue weighted by Crippen LogP contribution is 1.98. The maximum Gasteiger partial charge on any atom is 0.332 e. The van der Waals surface area contributed by atoms with Crippen molar-refractivity contribution in [1.82, 2.24) is 18.7 Å². The number of hydrogen-bond acceptors (Lipinski definition) is 3. The normalized spacial score (nSPS) is 11.1. The summed E-state index contributed by atoms with van der Waals surface area (Å²) in [5.41, 5.74) is -0.920. The highest BCUT2D eigenvalue weighted by Gasteiger charge is 2.13. The van der Waals surface area contributed by atoms with Crippen LogP contribution >= 0.6 is 0 Å². The number of rotatable bonds is 0. The molecule has 0 fully saturated rings. The van der Waals surface area contributed by atoms with E-state index in [4.69, 9.17) is 0 Å². The second kappa shape index (κ2) is 2.72. The number of fused-ring (bicyclic) bond motifs is 1. The third kappa shape index (κ3) is 1.03. The topological polar surface area (TPSA) is 81.8 Å². The first-order chi connectivity index (χ1) is 6.95. The lowest BCUT2D eigenvalue weighted by Crippen LogP contribution is -2.37. The fraction of sp³-hybridized carbons (Fsp3) is 0.375. The molecule has 0 aromatic carbocycles. The summed E-state index contributed by atoms with van der Waals surface area (Å²) in [4.78, 5) is 36.9. The first-order valence-corrected chi connectivity index (χ1v) is 4.30. The van der Waals surface area contributed by atoms with Crippen LogP contribution in [0, 0.1) is 0 Å². The molecule has 2 heterocycles. The molecule has 0 aliphatic heterocycles. The van der Waals surface area contributed by atoms with Gasteiger partial charge in [0.15, 0.2) is 5.52 Å². The monoisotopic (exact) mass is 210 g/mol. The maximum absolute atomic E-state index is 11.6. The van der Waals surface area contributed by atoms with E-state index in [1.807, 2.05) is 0 Å². The van der Waals surface area contributed by atoms with Crippen LogP contribution in [0.2, 0.25) is 0 Å². The Bertz CT molecular complexity index is 712. The Hall–Kier alpha value is -2.05. The molecule has 15 heavy (non-hydrogen) atoms. The average Bonchev–Trinajstić information content (AvgIpc) is 2.50. The van der Waals surface area contributed by atoms with E-state index in [1.165, 1.54) is 30.3 Å². The van der Waals surface area contributed by atoms with E-state index < -0.39 is 16.9 Å². The average molecular weight is 210 g/mol. The Morgan fingerprint density at radius 3 is 2.13 bits per heavy atom. The number of hydrogen-bond donors (Lipinski definition) is 1. The molecule has 0 aliphatic rings. The van der Waals surface area contributed by atoms with E-state index >= 15 is 0 Å². The fourth-order valence-corrected chi connectivity index (χ4v) is 1.62. The summed E-state index contributed by atoms with van der Waals surface area (Å²) < 4.78 is 3.45. The predicted octanol–water partition coefficient (Wildman–Crippen LogP) is -1.74. The van der Waals surface area contributed by atoms with Crippen LogP contribution in [-0.2, 0) is 21.1 Å². The maximum atomic E-state index is 11.6. The van der Waals surface area contributed by atoms with Crippen LogP contribution in [0.4, 0.5) is 0 Å². The Morgan fingerprint density at radius 1 is 0.933 bits per heavy atom. The van der Waals surface area contributed by atoms with Gasteiger partial charge in [-0.1, -0.05) is 0 Å². The number of aryl methyl sites for hydroxylation is 2. The van der Waals surface area contributed by atoms with Crippen LogP contribution in [0.3, 0.4) is 0 Å². The van der Waals surface area contributed by atoms with Gasteiger partial charge in [-0.05, 0) is 0 Å². The number of nitrogens with zero attached hydrogens (tertiary/aromatic N) is 3. The molecule has 0 amide bonds. The molecule has 0 unspecified atom stereocenters. The summed E-state index contributed by atoms with van der Waals surface area (Å²) >= 11 is 0. The SMILES string of the molecule is Cn1c(=O)c2[nH]c(=O)n(C)c2n(C)c1=O. The number of H-pyrrole nitrogens is 1. The molecule has 7 heteroatoms. The lowest BCUT2D eigenvalue weighted by atomic mass is 10.5. The van der Waals surface area contributed by atoms with Gasteiger partial charge in [-0.2, -0.15) is 0 Å². The van der Waals surface area contributed by atoms with Gasteiger partial charge in [0.25, 0.3) is 5.56 Å². The molecule has 0 spiro atoms. The van der Waals surface area contributed by atoms with Crippen molar-refractivity contribution in [1.29, 1.82) is 0 Å². The number of imidazole rings is 1. The largest absolute Gasteiger partial charge is 0.332 e. The van der Waals surface area contributed by atoms with Crippen molar-refractivity contribution in [3.05, 3.63) is 31.3 Å². The van der Waals surface area contributed by atoms with E-state index in [9.17, 15) is 14.4 Å². The number of aromatic nitrogens is 4. The highest BCUT2D eigenvalue weighted by molar-refractivity contribution is 5.69. The van der Waals surface area contributed by atoms with Crippen LogP contribution in [0.25, 0.3) is 11.2 Å². The van der Waals surface area contributed by atoms with Gasteiger partial charge in [-0.25, -0.2) is 9.59 Å². The summed E-state index contributed by atoms with van der Waals surface area (Å²) in [6.07, 6.45) is 0. The van der Waals surface area contributed by atoms with Crippen molar-refractivity contribution in [3.8, 4) is 0 Å². The summed E-state index contributed by atoms with van der Waals surface area (Å²) in [6.45, 7) is 0. The van der Waals surface area contributed by atoms with Crippen LogP contribution in [-0.4, -0.2) is 18.7 Å². The summed E-state index contributed by atoms with van der Waals surface area (Å²) in [5.74, 6) is 0. The molecule has 0 atom stereocenters. The Kier molecular flexibility index (Phi) is 1.72. The van der Waals surface area contributed by atoms with Crippen molar-refractivity contribution in [2.45, 2.75) is 0 Å². The zero-order chi connectivity index (χ0) is 11.3. The molecule has 2 aromatic rings. The summed E-state index contributed by atoms with van der Waals surface area (Å²) in [6, 6.07) is 0. The van der Waals surface area contributed by atoms with Gasteiger partial charge in [0.2, 0.25) is 0 Å². The third-order valence-electron chi connectivity index (χ3n) is 2.49. The Morgan fingerprint density at radius 2 is 1.53 bits per heavy atom.